The van der Waals surface area contributed by atoms with E-state index in [-0.39, 0.29) is 11.8 Å². The number of benzene rings is 1. The molecular weight excluding hydrogens is 313 g/mol. The average Bonchev–Trinajstić information content (AvgIpc) is 3.11. The number of aromatic hydroxyl groups is 1. The van der Waals surface area contributed by atoms with Gasteiger partial charge in [0, 0.05) is 16.6 Å². The van der Waals surface area contributed by atoms with Crippen LogP contribution in [0.15, 0.2) is 53.1 Å². The number of halogens is 2. The number of nitrogens with one attached hydrogen (secondary N) is 1. The monoisotopic (exact) mass is 323 g/mol. The summed E-state index contributed by atoms with van der Waals surface area (Å²) in [4.78, 5) is 0.948. The van der Waals surface area contributed by atoms with E-state index in [4.69, 9.17) is 16.0 Å². The van der Waals surface area contributed by atoms with E-state index in [9.17, 15) is 9.50 Å². The van der Waals surface area contributed by atoms with Gasteiger partial charge in [-0.1, -0.05) is 11.6 Å². The Morgan fingerprint density at radius 1 is 1.24 bits per heavy atom. The Morgan fingerprint density at radius 2 is 2.10 bits per heavy atom. The lowest BCUT2D eigenvalue weighted by Crippen LogP contribution is -2.10. The number of thiophene rings is 1. The minimum Gasteiger partial charge on any atom is -0.505 e. The molecule has 0 saturated carbocycles. The van der Waals surface area contributed by atoms with E-state index >= 15 is 0 Å². The minimum atomic E-state index is -0.678. The first-order valence-electron chi connectivity index (χ1n) is 6.17. The first-order chi connectivity index (χ1) is 10.1. The topological polar surface area (TPSA) is 45.4 Å². The van der Waals surface area contributed by atoms with Gasteiger partial charge in [-0.15, -0.1) is 11.3 Å². The van der Waals surface area contributed by atoms with Gasteiger partial charge >= 0.3 is 0 Å². The smallest absolute Gasteiger partial charge is 0.166 e. The van der Waals surface area contributed by atoms with Gasteiger partial charge in [0.25, 0.3) is 0 Å². The van der Waals surface area contributed by atoms with Crippen molar-refractivity contribution < 1.29 is 13.9 Å². The fourth-order valence-electron chi connectivity index (χ4n) is 1.98. The molecule has 0 radical (unpaired) electrons. The molecule has 0 aliphatic carbocycles. The van der Waals surface area contributed by atoms with E-state index < -0.39 is 5.82 Å². The van der Waals surface area contributed by atoms with Crippen molar-refractivity contribution in [2.75, 3.05) is 5.32 Å². The number of rotatable bonds is 4. The van der Waals surface area contributed by atoms with Crippen molar-refractivity contribution in [1.29, 1.82) is 0 Å². The maximum absolute atomic E-state index is 13.4. The van der Waals surface area contributed by atoms with Crippen LogP contribution in [0.1, 0.15) is 16.7 Å². The molecule has 0 spiro atoms. The molecule has 6 heteroatoms. The van der Waals surface area contributed by atoms with E-state index in [1.165, 1.54) is 23.5 Å². The number of hydrogen-bond acceptors (Lipinski definition) is 4. The number of phenols is 1. The molecule has 0 bridgehead atoms. The fourth-order valence-corrected chi connectivity index (χ4v) is 3.11. The van der Waals surface area contributed by atoms with Gasteiger partial charge < -0.3 is 14.8 Å². The summed E-state index contributed by atoms with van der Waals surface area (Å²) >= 11 is 7.40. The van der Waals surface area contributed by atoms with Crippen LogP contribution in [0, 0.1) is 5.82 Å². The lowest BCUT2D eigenvalue weighted by molar-refractivity contribution is 0.432. The van der Waals surface area contributed by atoms with Gasteiger partial charge in [-0.05, 0) is 36.4 Å². The van der Waals surface area contributed by atoms with Gasteiger partial charge in [-0.2, -0.15) is 0 Å². The summed E-state index contributed by atoms with van der Waals surface area (Å²) < 4.78 is 19.6. The zero-order valence-corrected chi connectivity index (χ0v) is 12.3. The highest BCUT2D eigenvalue weighted by Crippen LogP contribution is 2.34. The van der Waals surface area contributed by atoms with Gasteiger partial charge in [0.1, 0.15) is 11.8 Å². The van der Waals surface area contributed by atoms with E-state index in [2.05, 4.69) is 5.32 Å². The minimum absolute atomic E-state index is 0.276. The van der Waals surface area contributed by atoms with Crippen LogP contribution in [0.2, 0.25) is 4.34 Å². The van der Waals surface area contributed by atoms with Crippen molar-refractivity contribution in [2.24, 2.45) is 0 Å². The van der Waals surface area contributed by atoms with Crippen molar-refractivity contribution in [3.8, 4) is 5.75 Å². The van der Waals surface area contributed by atoms with Crippen molar-refractivity contribution in [3.63, 3.8) is 0 Å². The fraction of sp³-hybridized carbons (Fsp3) is 0.0667. The van der Waals surface area contributed by atoms with Crippen molar-refractivity contribution >= 4 is 28.6 Å². The van der Waals surface area contributed by atoms with Gasteiger partial charge in [0.2, 0.25) is 0 Å². The Hall–Kier alpha value is -1.98. The summed E-state index contributed by atoms with van der Waals surface area (Å²) in [7, 11) is 0. The highest BCUT2D eigenvalue weighted by atomic mass is 35.5. The standard InChI is InChI=1S/C15H11ClFNO2S/c16-14-6-5-13(21-14)15(12-2-1-7-20-12)18-9-3-4-11(19)10(17)8-9/h1-8,15,18-19H. The lowest BCUT2D eigenvalue weighted by atomic mass is 10.1. The highest BCUT2D eigenvalue weighted by molar-refractivity contribution is 7.16. The molecule has 2 aromatic heterocycles. The molecule has 1 aromatic carbocycles. The molecule has 0 aliphatic rings. The van der Waals surface area contributed by atoms with Gasteiger partial charge in [0.05, 0.1) is 10.6 Å². The molecule has 1 unspecified atom stereocenters. The number of phenolic OH excluding ortho intramolecular Hbond substituents is 1. The molecule has 2 N–H and O–H groups in total. The van der Waals surface area contributed by atoms with Crippen molar-refractivity contribution in [1.82, 2.24) is 0 Å². The Labute approximate surface area is 129 Å². The Bertz CT molecular complexity index is 742. The van der Waals surface area contributed by atoms with Crippen LogP contribution in [-0.4, -0.2) is 5.11 Å². The second-order valence-corrected chi connectivity index (χ2v) is 6.15. The maximum Gasteiger partial charge on any atom is 0.166 e. The third-order valence-electron chi connectivity index (χ3n) is 2.96. The summed E-state index contributed by atoms with van der Waals surface area (Å²) in [5.41, 5.74) is 0.538. The molecular formula is C15H11ClFNO2S. The third kappa shape index (κ3) is 3.04. The third-order valence-corrected chi connectivity index (χ3v) is 4.26. The molecule has 0 aliphatic heterocycles. The van der Waals surface area contributed by atoms with Crippen LogP contribution in [-0.2, 0) is 0 Å². The predicted octanol–water partition coefficient (Wildman–Crippen LogP) is 5.04. The van der Waals surface area contributed by atoms with Crippen molar-refractivity contribution in [3.05, 3.63) is 69.5 Å². The van der Waals surface area contributed by atoms with Gasteiger partial charge in [-0.25, -0.2) is 4.39 Å². The molecule has 108 valence electrons. The highest BCUT2D eigenvalue weighted by Gasteiger charge is 2.19. The zero-order valence-electron chi connectivity index (χ0n) is 10.7. The van der Waals surface area contributed by atoms with Gasteiger partial charge in [-0.3, -0.25) is 0 Å². The molecule has 0 saturated heterocycles. The largest absolute Gasteiger partial charge is 0.505 e. The molecule has 0 fully saturated rings. The van der Waals surface area contributed by atoms with Crippen LogP contribution in [0.3, 0.4) is 0 Å². The quantitative estimate of drug-likeness (QED) is 0.661. The molecule has 3 rings (SSSR count). The summed E-state index contributed by atoms with van der Waals surface area (Å²) in [6.45, 7) is 0. The molecule has 3 nitrogen and oxygen atoms in total. The Kier molecular flexibility index (Phi) is 3.86. The van der Waals surface area contributed by atoms with E-state index in [1.807, 2.05) is 12.1 Å². The van der Waals surface area contributed by atoms with E-state index in [0.29, 0.717) is 15.8 Å². The number of furan rings is 1. The summed E-state index contributed by atoms with van der Waals surface area (Å²) in [6, 6.07) is 11.2. The normalized spacial score (nSPS) is 12.3. The molecule has 1 atom stereocenters. The summed E-state index contributed by atoms with van der Waals surface area (Å²) in [6.07, 6.45) is 1.58. The molecule has 2 heterocycles. The molecule has 3 aromatic rings. The second kappa shape index (κ2) is 5.79. The maximum atomic E-state index is 13.4. The lowest BCUT2D eigenvalue weighted by Gasteiger charge is -2.16. The van der Waals surface area contributed by atoms with Crippen LogP contribution in [0.4, 0.5) is 10.1 Å². The van der Waals surface area contributed by atoms with Crippen LogP contribution >= 0.6 is 22.9 Å². The van der Waals surface area contributed by atoms with E-state index in [1.54, 1.807) is 24.5 Å². The number of anilines is 1. The Balaban J connectivity index is 1.94. The Morgan fingerprint density at radius 3 is 2.71 bits per heavy atom. The zero-order chi connectivity index (χ0) is 14.8. The van der Waals surface area contributed by atoms with E-state index in [0.717, 1.165) is 4.88 Å². The predicted molar refractivity (Wildman–Crippen MR) is 81.6 cm³/mol. The average molecular weight is 324 g/mol. The van der Waals surface area contributed by atoms with Crippen LogP contribution in [0.25, 0.3) is 0 Å². The number of hydrogen-bond donors (Lipinski definition) is 2. The molecule has 21 heavy (non-hydrogen) atoms. The summed E-state index contributed by atoms with van der Waals surface area (Å²) in [5.74, 6) is -0.362. The second-order valence-electron chi connectivity index (χ2n) is 4.40. The van der Waals surface area contributed by atoms with Crippen LogP contribution < -0.4 is 5.32 Å². The molecule has 0 amide bonds. The van der Waals surface area contributed by atoms with Gasteiger partial charge in [0.15, 0.2) is 11.6 Å². The first-order valence-corrected chi connectivity index (χ1v) is 7.36. The van der Waals surface area contributed by atoms with Crippen LogP contribution in [0.5, 0.6) is 5.75 Å². The summed E-state index contributed by atoms with van der Waals surface area (Å²) in [5, 5.41) is 12.4. The van der Waals surface area contributed by atoms with Crippen molar-refractivity contribution in [2.45, 2.75) is 6.04 Å². The SMILES string of the molecule is Oc1ccc(NC(c2ccco2)c2ccc(Cl)s2)cc1F. The first kappa shape index (κ1) is 14.0.